The van der Waals surface area contributed by atoms with Crippen molar-refractivity contribution in [1.82, 2.24) is 15.0 Å². The van der Waals surface area contributed by atoms with Crippen LogP contribution in [0.15, 0.2) is 30.7 Å². The van der Waals surface area contributed by atoms with Gasteiger partial charge >= 0.3 is 6.18 Å². The normalized spacial score (nSPS) is 11.5. The van der Waals surface area contributed by atoms with Gasteiger partial charge in [0, 0.05) is 24.2 Å². The molecule has 0 aromatic carbocycles. The summed E-state index contributed by atoms with van der Waals surface area (Å²) in [5.41, 5.74) is 5.30. The van der Waals surface area contributed by atoms with E-state index in [9.17, 15) is 13.2 Å². The molecule has 0 fully saturated rings. The molecule has 0 spiro atoms. The molecule has 2 aromatic heterocycles. The third-order valence-electron chi connectivity index (χ3n) is 2.05. The van der Waals surface area contributed by atoms with Gasteiger partial charge in [0.2, 0.25) is 0 Å². The lowest BCUT2D eigenvalue weighted by Gasteiger charge is -2.06. The van der Waals surface area contributed by atoms with Gasteiger partial charge < -0.3 is 5.73 Å². The third-order valence-corrected chi connectivity index (χ3v) is 2.05. The fourth-order valence-electron chi connectivity index (χ4n) is 1.27. The van der Waals surface area contributed by atoms with Crippen LogP contribution in [-0.4, -0.2) is 15.0 Å². The molecule has 2 N–H and O–H groups in total. The van der Waals surface area contributed by atoms with Gasteiger partial charge in [-0.2, -0.15) is 13.2 Å². The average Bonchev–Trinajstić information content (AvgIpc) is 2.29. The maximum absolute atomic E-state index is 12.3. The summed E-state index contributed by atoms with van der Waals surface area (Å²) in [6.45, 7) is 0. The van der Waals surface area contributed by atoms with E-state index in [-0.39, 0.29) is 5.82 Å². The van der Waals surface area contributed by atoms with Gasteiger partial charge in [0.05, 0.1) is 0 Å². The van der Waals surface area contributed by atoms with E-state index in [0.29, 0.717) is 11.3 Å². The van der Waals surface area contributed by atoms with Crippen molar-refractivity contribution in [1.29, 1.82) is 0 Å². The van der Waals surface area contributed by atoms with E-state index in [2.05, 4.69) is 15.0 Å². The number of rotatable bonds is 1. The Labute approximate surface area is 94.3 Å². The van der Waals surface area contributed by atoms with E-state index in [0.717, 1.165) is 12.3 Å². The van der Waals surface area contributed by atoms with Crippen molar-refractivity contribution < 1.29 is 13.2 Å². The van der Waals surface area contributed by atoms with E-state index in [1.165, 1.54) is 18.5 Å². The highest BCUT2D eigenvalue weighted by atomic mass is 19.4. The Hall–Kier alpha value is -2.18. The van der Waals surface area contributed by atoms with E-state index in [4.69, 9.17) is 5.73 Å². The fourth-order valence-corrected chi connectivity index (χ4v) is 1.27. The lowest BCUT2D eigenvalue weighted by molar-refractivity contribution is -0.141. The topological polar surface area (TPSA) is 64.7 Å². The maximum Gasteiger partial charge on any atom is 0.433 e. The predicted octanol–water partition coefficient (Wildman–Crippen LogP) is 2.14. The van der Waals surface area contributed by atoms with Crippen molar-refractivity contribution in [2.75, 3.05) is 5.73 Å². The van der Waals surface area contributed by atoms with E-state index < -0.39 is 11.9 Å². The molecule has 0 unspecified atom stereocenters. The minimum atomic E-state index is -4.45. The van der Waals surface area contributed by atoms with Crippen molar-refractivity contribution >= 4 is 5.82 Å². The molecule has 4 nitrogen and oxygen atoms in total. The van der Waals surface area contributed by atoms with Gasteiger partial charge in [-0.25, -0.2) is 4.98 Å². The summed E-state index contributed by atoms with van der Waals surface area (Å²) in [5, 5.41) is 0. The monoisotopic (exact) mass is 240 g/mol. The molecule has 0 amide bonds. The molecule has 17 heavy (non-hydrogen) atoms. The summed E-state index contributed by atoms with van der Waals surface area (Å²) in [5.74, 6) is 0.147. The summed E-state index contributed by atoms with van der Waals surface area (Å²) in [4.78, 5) is 11.0. The zero-order valence-corrected chi connectivity index (χ0v) is 8.44. The molecule has 7 heteroatoms. The van der Waals surface area contributed by atoms with Crippen LogP contribution in [0.2, 0.25) is 0 Å². The van der Waals surface area contributed by atoms with Crippen LogP contribution in [0.4, 0.5) is 19.0 Å². The largest absolute Gasteiger partial charge is 0.433 e. The van der Waals surface area contributed by atoms with Crippen molar-refractivity contribution in [3.63, 3.8) is 0 Å². The lowest BCUT2D eigenvalue weighted by atomic mass is 10.2. The Morgan fingerprint density at radius 3 is 2.24 bits per heavy atom. The Morgan fingerprint density at radius 1 is 1.00 bits per heavy atom. The number of hydrogen-bond acceptors (Lipinski definition) is 4. The van der Waals surface area contributed by atoms with Gasteiger partial charge in [-0.15, -0.1) is 0 Å². The lowest BCUT2D eigenvalue weighted by Crippen LogP contribution is -2.07. The standard InChI is InChI=1S/C10H7F3N4/c11-10(12,13)7-2-1-6(5-17-7)8-9(14)16-4-3-15-8/h1-5H,(H2,14,16). The summed E-state index contributed by atoms with van der Waals surface area (Å²) in [6.07, 6.45) is -0.574. The second-order valence-corrected chi connectivity index (χ2v) is 3.22. The fraction of sp³-hybridized carbons (Fsp3) is 0.100. The van der Waals surface area contributed by atoms with Gasteiger partial charge in [-0.3, -0.25) is 9.97 Å². The van der Waals surface area contributed by atoms with E-state index in [1.807, 2.05) is 0 Å². The Balaban J connectivity index is 2.40. The number of alkyl halides is 3. The molecule has 2 heterocycles. The first-order chi connectivity index (χ1) is 7.98. The van der Waals surface area contributed by atoms with Crippen molar-refractivity contribution in [2.24, 2.45) is 0 Å². The Morgan fingerprint density at radius 2 is 1.71 bits per heavy atom. The van der Waals surface area contributed by atoms with Crippen LogP contribution >= 0.6 is 0 Å². The molecule has 0 aliphatic carbocycles. The highest BCUT2D eigenvalue weighted by Crippen LogP contribution is 2.29. The summed E-state index contributed by atoms with van der Waals surface area (Å²) >= 11 is 0. The van der Waals surface area contributed by atoms with Crippen LogP contribution in [0.1, 0.15) is 5.69 Å². The number of nitrogens with zero attached hydrogens (tertiary/aromatic N) is 3. The van der Waals surface area contributed by atoms with Gasteiger partial charge in [-0.1, -0.05) is 0 Å². The maximum atomic E-state index is 12.3. The summed E-state index contributed by atoms with van der Waals surface area (Å²) in [7, 11) is 0. The second kappa shape index (κ2) is 4.00. The van der Waals surface area contributed by atoms with Crippen molar-refractivity contribution in [2.45, 2.75) is 6.18 Å². The van der Waals surface area contributed by atoms with Crippen LogP contribution in [0, 0.1) is 0 Å². The highest BCUT2D eigenvalue weighted by Gasteiger charge is 2.32. The number of aromatic nitrogens is 3. The van der Waals surface area contributed by atoms with Gasteiger partial charge in [0.15, 0.2) is 0 Å². The Bertz CT molecular complexity index is 522. The van der Waals surface area contributed by atoms with Crippen LogP contribution < -0.4 is 5.73 Å². The number of hydrogen-bond donors (Lipinski definition) is 1. The second-order valence-electron chi connectivity index (χ2n) is 3.22. The number of nitrogen functional groups attached to an aromatic ring is 1. The molecule has 0 aliphatic heterocycles. The van der Waals surface area contributed by atoms with Crippen LogP contribution in [0.5, 0.6) is 0 Å². The summed E-state index contributed by atoms with van der Waals surface area (Å²) in [6, 6.07) is 2.14. The first kappa shape index (κ1) is 11.3. The molecule has 88 valence electrons. The molecule has 0 saturated carbocycles. The van der Waals surface area contributed by atoms with Gasteiger partial charge in [0.25, 0.3) is 0 Å². The first-order valence-corrected chi connectivity index (χ1v) is 4.58. The average molecular weight is 240 g/mol. The molecule has 0 atom stereocenters. The number of nitrogens with two attached hydrogens (primary N) is 1. The first-order valence-electron chi connectivity index (χ1n) is 4.58. The number of halogens is 3. The zero-order chi connectivity index (χ0) is 12.5. The highest BCUT2D eigenvalue weighted by molar-refractivity contribution is 5.68. The smallest absolute Gasteiger partial charge is 0.382 e. The quantitative estimate of drug-likeness (QED) is 0.829. The van der Waals surface area contributed by atoms with Crippen LogP contribution in [0.25, 0.3) is 11.3 Å². The molecular weight excluding hydrogens is 233 g/mol. The van der Waals surface area contributed by atoms with Crippen molar-refractivity contribution in [3.05, 3.63) is 36.4 Å². The third kappa shape index (κ3) is 2.32. The molecule has 0 radical (unpaired) electrons. The minimum Gasteiger partial charge on any atom is -0.382 e. The van der Waals surface area contributed by atoms with Crippen LogP contribution in [-0.2, 0) is 6.18 Å². The zero-order valence-electron chi connectivity index (χ0n) is 8.44. The van der Waals surface area contributed by atoms with E-state index in [1.54, 1.807) is 0 Å². The number of pyridine rings is 1. The predicted molar refractivity (Wildman–Crippen MR) is 54.7 cm³/mol. The molecule has 0 aliphatic rings. The summed E-state index contributed by atoms with van der Waals surface area (Å²) < 4.78 is 36.9. The molecule has 0 saturated heterocycles. The molecule has 0 bridgehead atoms. The number of anilines is 1. The van der Waals surface area contributed by atoms with Gasteiger partial charge in [0.1, 0.15) is 17.2 Å². The molecule has 2 aromatic rings. The Kier molecular flexibility index (Phi) is 2.66. The van der Waals surface area contributed by atoms with Crippen molar-refractivity contribution in [3.8, 4) is 11.3 Å². The van der Waals surface area contributed by atoms with Gasteiger partial charge in [-0.05, 0) is 12.1 Å². The molecule has 2 rings (SSSR count). The van der Waals surface area contributed by atoms with Crippen LogP contribution in [0.3, 0.4) is 0 Å². The van der Waals surface area contributed by atoms with E-state index >= 15 is 0 Å². The minimum absolute atomic E-state index is 0.147. The molecular formula is C10H7F3N4. The SMILES string of the molecule is Nc1nccnc1-c1ccc(C(F)(F)F)nc1.